The number of rotatable bonds is 5. The first kappa shape index (κ1) is 17.6. The Morgan fingerprint density at radius 2 is 2.00 bits per heavy atom. The van der Waals surface area contributed by atoms with Crippen LogP contribution in [0.25, 0.3) is 0 Å². The summed E-state index contributed by atoms with van der Waals surface area (Å²) in [4.78, 5) is 11.2. The molecule has 1 saturated heterocycles. The first-order valence-electron chi connectivity index (χ1n) is 7.78. The Labute approximate surface area is 150 Å². The number of aromatic nitrogens is 2. The van der Waals surface area contributed by atoms with Crippen LogP contribution in [0.5, 0.6) is 0 Å². The molecule has 3 rings (SSSR count). The number of hydrogen-bond acceptors (Lipinski definition) is 6. The number of piperidine rings is 1. The summed E-state index contributed by atoms with van der Waals surface area (Å²) >= 11 is 6.84. The third kappa shape index (κ3) is 4.24. The van der Waals surface area contributed by atoms with Crippen molar-refractivity contribution < 1.29 is 8.42 Å². The average molecular weight is 387 g/mol. The summed E-state index contributed by atoms with van der Waals surface area (Å²) < 4.78 is 27.8. The van der Waals surface area contributed by atoms with E-state index in [1.54, 1.807) is 12.1 Å². The second-order valence-corrected chi connectivity index (χ2v) is 9.44. The second-order valence-electron chi connectivity index (χ2n) is 5.73. The molecule has 0 bridgehead atoms. The zero-order chi connectivity index (χ0) is 17.2. The molecule has 1 aliphatic heterocycles. The maximum Gasteiger partial charge on any atom is 0.250 e. The number of thiophene rings is 1. The Kier molecular flexibility index (Phi) is 5.39. The van der Waals surface area contributed by atoms with E-state index in [1.165, 1.54) is 12.5 Å². The van der Waals surface area contributed by atoms with E-state index in [-0.39, 0.29) is 10.8 Å². The van der Waals surface area contributed by atoms with Gasteiger partial charge in [-0.1, -0.05) is 11.6 Å². The van der Waals surface area contributed by atoms with Gasteiger partial charge in [0.15, 0.2) is 0 Å². The van der Waals surface area contributed by atoms with Crippen molar-refractivity contribution in [2.75, 3.05) is 18.0 Å². The van der Waals surface area contributed by atoms with Crippen molar-refractivity contribution in [3.8, 4) is 0 Å². The summed E-state index contributed by atoms with van der Waals surface area (Å²) in [7, 11) is -3.58. The van der Waals surface area contributed by atoms with Gasteiger partial charge in [0, 0.05) is 18.8 Å². The predicted octanol–water partition coefficient (Wildman–Crippen LogP) is 2.97. The van der Waals surface area contributed by atoms with E-state index in [1.807, 2.05) is 6.92 Å². The van der Waals surface area contributed by atoms with Crippen molar-refractivity contribution in [3.63, 3.8) is 0 Å². The topological polar surface area (TPSA) is 75.2 Å². The van der Waals surface area contributed by atoms with E-state index in [2.05, 4.69) is 19.6 Å². The van der Waals surface area contributed by atoms with Crippen LogP contribution in [-0.2, 0) is 16.6 Å². The van der Waals surface area contributed by atoms with Gasteiger partial charge in [0.1, 0.15) is 4.21 Å². The lowest BCUT2D eigenvalue weighted by molar-refractivity contribution is 0.565. The Morgan fingerprint density at radius 1 is 1.25 bits per heavy atom. The van der Waals surface area contributed by atoms with Crippen molar-refractivity contribution in [2.45, 2.75) is 36.9 Å². The molecule has 24 heavy (non-hydrogen) atoms. The largest absolute Gasteiger partial charge is 0.341 e. The SMILES string of the molecule is Cc1cc(CNS(=O)(=O)c2ccc(Cl)s2)nc(N2CCCCC2)n1. The van der Waals surface area contributed by atoms with Crippen LogP contribution in [-0.4, -0.2) is 31.5 Å². The summed E-state index contributed by atoms with van der Waals surface area (Å²) in [6.45, 7) is 3.92. The predicted molar refractivity (Wildman–Crippen MR) is 96.2 cm³/mol. The van der Waals surface area contributed by atoms with Crippen LogP contribution >= 0.6 is 22.9 Å². The molecular weight excluding hydrogens is 368 g/mol. The maximum absolute atomic E-state index is 12.3. The molecule has 0 amide bonds. The fourth-order valence-corrected chi connectivity index (χ4v) is 5.15. The Hall–Kier alpha value is -1.22. The summed E-state index contributed by atoms with van der Waals surface area (Å²) in [5.74, 6) is 0.683. The molecule has 2 aromatic heterocycles. The van der Waals surface area contributed by atoms with Crippen LogP contribution in [0.15, 0.2) is 22.4 Å². The van der Waals surface area contributed by atoms with Crippen molar-refractivity contribution in [1.82, 2.24) is 14.7 Å². The molecule has 1 aliphatic rings. The quantitative estimate of drug-likeness (QED) is 0.854. The van der Waals surface area contributed by atoms with Gasteiger partial charge in [-0.15, -0.1) is 11.3 Å². The van der Waals surface area contributed by atoms with E-state index >= 15 is 0 Å². The smallest absolute Gasteiger partial charge is 0.250 e. The molecule has 9 heteroatoms. The Bertz CT molecular complexity index is 817. The normalized spacial score (nSPS) is 15.7. The number of hydrogen-bond donors (Lipinski definition) is 1. The number of nitrogens with one attached hydrogen (secondary N) is 1. The van der Waals surface area contributed by atoms with E-state index < -0.39 is 10.0 Å². The van der Waals surface area contributed by atoms with Gasteiger partial charge in [-0.05, 0) is 44.4 Å². The summed E-state index contributed by atoms with van der Waals surface area (Å²) in [5, 5.41) is 0. The maximum atomic E-state index is 12.3. The fraction of sp³-hybridized carbons (Fsp3) is 0.467. The zero-order valence-electron chi connectivity index (χ0n) is 13.3. The van der Waals surface area contributed by atoms with Crippen molar-refractivity contribution in [3.05, 3.63) is 33.9 Å². The second kappa shape index (κ2) is 7.35. The van der Waals surface area contributed by atoms with E-state index in [4.69, 9.17) is 11.6 Å². The van der Waals surface area contributed by atoms with E-state index in [0.717, 1.165) is 43.0 Å². The molecule has 1 N–H and O–H groups in total. The Morgan fingerprint density at radius 3 is 2.67 bits per heavy atom. The van der Waals surface area contributed by atoms with Gasteiger partial charge in [-0.3, -0.25) is 0 Å². The summed E-state index contributed by atoms with van der Waals surface area (Å²) in [5.41, 5.74) is 1.49. The molecule has 0 unspecified atom stereocenters. The average Bonchev–Trinajstić information content (AvgIpc) is 3.01. The van der Waals surface area contributed by atoms with Crippen LogP contribution < -0.4 is 9.62 Å². The number of nitrogens with zero attached hydrogens (tertiary/aromatic N) is 3. The number of sulfonamides is 1. The van der Waals surface area contributed by atoms with E-state index in [0.29, 0.717) is 16.0 Å². The van der Waals surface area contributed by atoms with Crippen LogP contribution in [0.4, 0.5) is 5.95 Å². The van der Waals surface area contributed by atoms with Gasteiger partial charge < -0.3 is 4.90 Å². The minimum atomic E-state index is -3.58. The highest BCUT2D eigenvalue weighted by Crippen LogP contribution is 2.25. The molecular formula is C15H19ClN4O2S2. The highest BCUT2D eigenvalue weighted by atomic mass is 35.5. The zero-order valence-corrected chi connectivity index (χ0v) is 15.7. The minimum Gasteiger partial charge on any atom is -0.341 e. The number of aryl methyl sites for hydroxylation is 1. The van der Waals surface area contributed by atoms with Gasteiger partial charge in [0.2, 0.25) is 16.0 Å². The number of halogens is 1. The molecule has 3 heterocycles. The lowest BCUT2D eigenvalue weighted by atomic mass is 10.1. The molecule has 0 radical (unpaired) electrons. The molecule has 130 valence electrons. The third-order valence-corrected chi connectivity index (χ3v) is 6.92. The van der Waals surface area contributed by atoms with Gasteiger partial charge in [-0.25, -0.2) is 23.1 Å². The monoisotopic (exact) mass is 386 g/mol. The lowest BCUT2D eigenvalue weighted by Gasteiger charge is -2.27. The highest BCUT2D eigenvalue weighted by molar-refractivity contribution is 7.91. The van der Waals surface area contributed by atoms with Crippen LogP contribution in [0.3, 0.4) is 0 Å². The van der Waals surface area contributed by atoms with Gasteiger partial charge in [-0.2, -0.15) is 0 Å². The summed E-state index contributed by atoms with van der Waals surface area (Å²) in [6, 6.07) is 4.88. The van der Waals surface area contributed by atoms with Crippen LogP contribution in [0, 0.1) is 6.92 Å². The molecule has 0 aromatic carbocycles. The first-order valence-corrected chi connectivity index (χ1v) is 10.5. The standard InChI is InChI=1S/C15H19ClN4O2S2/c1-11-9-12(19-15(18-11)20-7-3-2-4-8-20)10-17-24(21,22)14-6-5-13(16)23-14/h5-6,9,17H,2-4,7-8,10H2,1H3. The van der Waals surface area contributed by atoms with Gasteiger partial charge in [0.25, 0.3) is 0 Å². The molecule has 6 nitrogen and oxygen atoms in total. The highest BCUT2D eigenvalue weighted by Gasteiger charge is 2.18. The van der Waals surface area contributed by atoms with Crippen molar-refractivity contribution in [1.29, 1.82) is 0 Å². The lowest BCUT2D eigenvalue weighted by Crippen LogP contribution is -2.31. The van der Waals surface area contributed by atoms with E-state index in [9.17, 15) is 8.42 Å². The number of anilines is 1. The van der Waals surface area contributed by atoms with Gasteiger partial charge in [0.05, 0.1) is 16.6 Å². The third-order valence-electron chi connectivity index (χ3n) is 3.79. The minimum absolute atomic E-state index is 0.127. The molecule has 1 fully saturated rings. The molecule has 0 atom stereocenters. The summed E-state index contributed by atoms with van der Waals surface area (Å²) in [6.07, 6.45) is 3.51. The van der Waals surface area contributed by atoms with Crippen LogP contribution in [0.2, 0.25) is 4.34 Å². The van der Waals surface area contributed by atoms with Crippen molar-refractivity contribution >= 4 is 38.9 Å². The molecule has 0 aliphatic carbocycles. The molecule has 0 spiro atoms. The Balaban J connectivity index is 1.74. The van der Waals surface area contributed by atoms with Crippen molar-refractivity contribution in [2.24, 2.45) is 0 Å². The molecule has 0 saturated carbocycles. The molecule has 2 aromatic rings. The van der Waals surface area contributed by atoms with Gasteiger partial charge >= 0.3 is 0 Å². The van der Waals surface area contributed by atoms with Crippen LogP contribution in [0.1, 0.15) is 30.7 Å². The first-order chi connectivity index (χ1) is 11.4. The fourth-order valence-electron chi connectivity index (χ4n) is 2.62.